The van der Waals surface area contributed by atoms with E-state index in [1.165, 1.54) is 4.90 Å². The Hall–Kier alpha value is -1.10. The lowest BCUT2D eigenvalue weighted by Crippen LogP contribution is -2.40. The summed E-state index contributed by atoms with van der Waals surface area (Å²) in [7, 11) is 1.61. The Kier molecular flexibility index (Phi) is 4.55. The third kappa shape index (κ3) is 3.87. The van der Waals surface area contributed by atoms with E-state index in [1.807, 2.05) is 0 Å². The van der Waals surface area contributed by atoms with E-state index < -0.39 is 5.97 Å². The monoisotopic (exact) mass is 215 g/mol. The number of nitrogens with zero attached hydrogens (tertiary/aromatic N) is 1. The molecule has 0 saturated carbocycles. The van der Waals surface area contributed by atoms with Crippen LogP contribution in [0.2, 0.25) is 0 Å². The maximum absolute atomic E-state index is 11.7. The second kappa shape index (κ2) is 5.70. The molecule has 0 aliphatic carbocycles. The molecule has 1 atom stereocenters. The molecule has 86 valence electrons. The Balaban J connectivity index is 2.33. The van der Waals surface area contributed by atoms with Gasteiger partial charge in [0.2, 0.25) is 0 Å². The van der Waals surface area contributed by atoms with E-state index in [9.17, 15) is 9.59 Å². The van der Waals surface area contributed by atoms with Gasteiger partial charge >= 0.3 is 5.97 Å². The van der Waals surface area contributed by atoms with E-state index in [-0.39, 0.29) is 25.0 Å². The highest BCUT2D eigenvalue weighted by Gasteiger charge is 2.24. The SMILES string of the molecule is CN(CCC(=O)O)C(=O)C1CCCCO1. The van der Waals surface area contributed by atoms with E-state index >= 15 is 0 Å². The summed E-state index contributed by atoms with van der Waals surface area (Å²) in [4.78, 5) is 23.5. The van der Waals surface area contributed by atoms with Crippen molar-refractivity contribution in [1.29, 1.82) is 0 Å². The molecule has 0 aromatic rings. The van der Waals surface area contributed by atoms with Crippen LogP contribution in [0.1, 0.15) is 25.7 Å². The number of hydrogen-bond acceptors (Lipinski definition) is 3. The topological polar surface area (TPSA) is 66.8 Å². The molecule has 0 bridgehead atoms. The van der Waals surface area contributed by atoms with Gasteiger partial charge in [-0.05, 0) is 19.3 Å². The third-order valence-corrected chi connectivity index (χ3v) is 2.49. The van der Waals surface area contributed by atoms with Gasteiger partial charge in [0.1, 0.15) is 6.10 Å². The van der Waals surface area contributed by atoms with Crippen LogP contribution in [-0.4, -0.2) is 48.2 Å². The van der Waals surface area contributed by atoms with Crippen molar-refractivity contribution >= 4 is 11.9 Å². The van der Waals surface area contributed by atoms with E-state index in [0.717, 1.165) is 19.3 Å². The van der Waals surface area contributed by atoms with Crippen LogP contribution in [0.4, 0.5) is 0 Å². The summed E-state index contributed by atoms with van der Waals surface area (Å²) in [5.41, 5.74) is 0. The molecular weight excluding hydrogens is 198 g/mol. The summed E-state index contributed by atoms with van der Waals surface area (Å²) in [6.45, 7) is 0.872. The lowest BCUT2D eigenvalue weighted by molar-refractivity contribution is -0.146. The molecular formula is C10H17NO4. The summed E-state index contributed by atoms with van der Waals surface area (Å²) in [5, 5.41) is 8.49. The first-order chi connectivity index (χ1) is 7.11. The number of carbonyl (C=O) groups is 2. The number of ether oxygens (including phenoxy) is 1. The zero-order chi connectivity index (χ0) is 11.3. The predicted molar refractivity (Wildman–Crippen MR) is 53.5 cm³/mol. The zero-order valence-electron chi connectivity index (χ0n) is 8.94. The molecule has 1 rings (SSSR count). The summed E-state index contributed by atoms with van der Waals surface area (Å²) in [6, 6.07) is 0. The van der Waals surface area contributed by atoms with E-state index in [2.05, 4.69) is 0 Å². The molecule has 15 heavy (non-hydrogen) atoms. The first kappa shape index (κ1) is 12.0. The predicted octanol–water partition coefficient (Wildman–Crippen LogP) is 0.489. The van der Waals surface area contributed by atoms with Crippen LogP contribution in [0.25, 0.3) is 0 Å². The van der Waals surface area contributed by atoms with Crippen molar-refractivity contribution in [3.63, 3.8) is 0 Å². The average molecular weight is 215 g/mol. The number of carboxylic acid groups (broad SMARTS) is 1. The number of rotatable bonds is 4. The summed E-state index contributed by atoms with van der Waals surface area (Å²) in [6.07, 6.45) is 2.37. The minimum Gasteiger partial charge on any atom is -0.481 e. The van der Waals surface area contributed by atoms with Crippen molar-refractivity contribution < 1.29 is 19.4 Å². The van der Waals surface area contributed by atoms with E-state index in [4.69, 9.17) is 9.84 Å². The maximum atomic E-state index is 11.7. The highest BCUT2D eigenvalue weighted by molar-refractivity contribution is 5.81. The quantitative estimate of drug-likeness (QED) is 0.741. The molecule has 1 unspecified atom stereocenters. The molecule has 1 amide bonds. The first-order valence-electron chi connectivity index (χ1n) is 5.19. The van der Waals surface area contributed by atoms with Crippen LogP contribution in [0.15, 0.2) is 0 Å². The number of amides is 1. The summed E-state index contributed by atoms with van der Waals surface area (Å²) >= 11 is 0. The molecule has 5 nitrogen and oxygen atoms in total. The van der Waals surface area contributed by atoms with E-state index in [1.54, 1.807) is 7.05 Å². The molecule has 0 spiro atoms. The van der Waals surface area contributed by atoms with Gasteiger partial charge in [-0.15, -0.1) is 0 Å². The lowest BCUT2D eigenvalue weighted by atomic mass is 10.1. The van der Waals surface area contributed by atoms with E-state index in [0.29, 0.717) is 6.61 Å². The van der Waals surface area contributed by atoms with Crippen molar-refractivity contribution in [2.45, 2.75) is 31.8 Å². The summed E-state index contributed by atoms with van der Waals surface area (Å²) in [5.74, 6) is -0.991. The van der Waals surface area contributed by atoms with Gasteiger partial charge in [0, 0.05) is 20.2 Å². The standard InChI is InChI=1S/C10H17NO4/c1-11(6-5-9(12)13)10(14)8-4-2-3-7-15-8/h8H,2-7H2,1H3,(H,12,13). The zero-order valence-corrected chi connectivity index (χ0v) is 8.94. The summed E-state index contributed by atoms with van der Waals surface area (Å²) < 4.78 is 5.33. The van der Waals surface area contributed by atoms with Crippen LogP contribution < -0.4 is 0 Å². The number of carboxylic acids is 1. The smallest absolute Gasteiger partial charge is 0.305 e. The maximum Gasteiger partial charge on any atom is 0.305 e. The number of carbonyl (C=O) groups excluding carboxylic acids is 1. The Labute approximate surface area is 89.0 Å². The Morgan fingerprint density at radius 3 is 2.73 bits per heavy atom. The fraction of sp³-hybridized carbons (Fsp3) is 0.800. The fourth-order valence-corrected chi connectivity index (χ4v) is 1.55. The Bertz CT molecular complexity index is 236. The number of aliphatic carboxylic acids is 1. The molecule has 1 aliphatic heterocycles. The van der Waals surface area contributed by atoms with Crippen molar-refractivity contribution in [3.05, 3.63) is 0 Å². The molecule has 1 heterocycles. The highest BCUT2D eigenvalue weighted by Crippen LogP contribution is 2.14. The van der Waals surface area contributed by atoms with Gasteiger partial charge in [-0.25, -0.2) is 0 Å². The molecule has 1 saturated heterocycles. The van der Waals surface area contributed by atoms with Crippen LogP contribution in [-0.2, 0) is 14.3 Å². The second-order valence-electron chi connectivity index (χ2n) is 3.76. The van der Waals surface area contributed by atoms with Crippen LogP contribution in [0.3, 0.4) is 0 Å². The first-order valence-corrected chi connectivity index (χ1v) is 5.19. The number of likely N-dealkylation sites (N-methyl/N-ethyl adjacent to an activating group) is 1. The van der Waals surface area contributed by atoms with Crippen molar-refractivity contribution in [2.24, 2.45) is 0 Å². The third-order valence-electron chi connectivity index (χ3n) is 2.49. The van der Waals surface area contributed by atoms with Crippen LogP contribution >= 0.6 is 0 Å². The van der Waals surface area contributed by atoms with Crippen molar-refractivity contribution in [3.8, 4) is 0 Å². The highest BCUT2D eigenvalue weighted by atomic mass is 16.5. The lowest BCUT2D eigenvalue weighted by Gasteiger charge is -2.26. The minimum absolute atomic E-state index is 0.0189. The molecule has 5 heteroatoms. The van der Waals surface area contributed by atoms with Gasteiger partial charge in [-0.2, -0.15) is 0 Å². The minimum atomic E-state index is -0.890. The van der Waals surface area contributed by atoms with Crippen molar-refractivity contribution in [1.82, 2.24) is 4.90 Å². The van der Waals surface area contributed by atoms with Gasteiger partial charge in [-0.3, -0.25) is 9.59 Å². The molecule has 0 aromatic carbocycles. The number of hydrogen-bond donors (Lipinski definition) is 1. The Morgan fingerprint density at radius 2 is 2.20 bits per heavy atom. The van der Waals surface area contributed by atoms with Crippen LogP contribution in [0.5, 0.6) is 0 Å². The average Bonchev–Trinajstić information content (AvgIpc) is 2.26. The molecule has 1 N–H and O–H groups in total. The Morgan fingerprint density at radius 1 is 1.47 bits per heavy atom. The molecule has 0 radical (unpaired) electrons. The molecule has 0 aromatic heterocycles. The molecule has 1 aliphatic rings. The van der Waals surface area contributed by atoms with Gasteiger partial charge in [0.25, 0.3) is 5.91 Å². The van der Waals surface area contributed by atoms with Gasteiger partial charge in [0.15, 0.2) is 0 Å². The second-order valence-corrected chi connectivity index (χ2v) is 3.76. The molecule has 1 fully saturated rings. The normalized spacial score (nSPS) is 21.0. The van der Waals surface area contributed by atoms with Gasteiger partial charge in [-0.1, -0.05) is 0 Å². The van der Waals surface area contributed by atoms with Gasteiger partial charge in [0.05, 0.1) is 6.42 Å². The van der Waals surface area contributed by atoms with Gasteiger partial charge < -0.3 is 14.7 Å². The largest absolute Gasteiger partial charge is 0.481 e. The van der Waals surface area contributed by atoms with Crippen molar-refractivity contribution in [2.75, 3.05) is 20.2 Å². The fourth-order valence-electron chi connectivity index (χ4n) is 1.55. The van der Waals surface area contributed by atoms with Crippen LogP contribution in [0, 0.1) is 0 Å².